The minimum absolute atomic E-state index is 0.0677. The Labute approximate surface area is 90.7 Å². The summed E-state index contributed by atoms with van der Waals surface area (Å²) < 4.78 is 0. The third-order valence-electron chi connectivity index (χ3n) is 2.95. The zero-order valence-electron chi connectivity index (χ0n) is 9.07. The molecule has 0 unspecified atom stereocenters. The van der Waals surface area contributed by atoms with Crippen LogP contribution in [0.1, 0.15) is 31.2 Å². The van der Waals surface area contributed by atoms with Crippen molar-refractivity contribution in [3.8, 4) is 0 Å². The first-order valence-electron chi connectivity index (χ1n) is 5.58. The van der Waals surface area contributed by atoms with Gasteiger partial charge in [-0.05, 0) is 37.5 Å². The molecule has 1 aliphatic carbocycles. The molecule has 0 spiro atoms. The summed E-state index contributed by atoms with van der Waals surface area (Å²) in [4.78, 5) is 11.8. The number of hydrogen-bond donors (Lipinski definition) is 0. The largest absolute Gasteiger partial charge is 0.272 e. The lowest BCUT2D eigenvalue weighted by Crippen LogP contribution is -2.19. The number of carbonyl (C=O) groups is 1. The molecule has 15 heavy (non-hydrogen) atoms. The van der Waals surface area contributed by atoms with Crippen LogP contribution >= 0.6 is 0 Å². The highest BCUT2D eigenvalue weighted by Gasteiger charge is 2.23. The molecule has 0 atom stereocenters. The lowest BCUT2D eigenvalue weighted by Gasteiger charge is -2.07. The first-order valence-corrected chi connectivity index (χ1v) is 5.58. The SMILES string of the molecule is Cc1cccc([N]C(=O)C2CCCC2)c1. The summed E-state index contributed by atoms with van der Waals surface area (Å²) in [6, 6.07) is 7.79. The fourth-order valence-electron chi connectivity index (χ4n) is 2.09. The zero-order valence-corrected chi connectivity index (χ0v) is 9.07. The Morgan fingerprint density at radius 3 is 2.73 bits per heavy atom. The number of rotatable bonds is 2. The number of carbonyl (C=O) groups excluding carboxylic acids is 1. The van der Waals surface area contributed by atoms with Gasteiger partial charge in [-0.3, -0.25) is 4.79 Å². The van der Waals surface area contributed by atoms with E-state index in [1.165, 1.54) is 12.8 Å². The smallest absolute Gasteiger partial charge is 0.249 e. The summed E-state index contributed by atoms with van der Waals surface area (Å²) in [6.45, 7) is 2.01. The summed E-state index contributed by atoms with van der Waals surface area (Å²) in [7, 11) is 0. The van der Waals surface area contributed by atoms with Crippen LogP contribution in [0, 0.1) is 12.8 Å². The molecule has 79 valence electrons. The van der Waals surface area contributed by atoms with E-state index in [0.717, 1.165) is 24.1 Å². The minimum atomic E-state index is 0.0677. The van der Waals surface area contributed by atoms with Crippen LogP contribution in [0.15, 0.2) is 24.3 Å². The third-order valence-corrected chi connectivity index (χ3v) is 2.95. The minimum Gasteiger partial charge on any atom is -0.272 e. The standard InChI is InChI=1S/C13H16NO/c1-10-5-4-8-12(9-10)14-13(15)11-6-2-3-7-11/h4-5,8-9,11H,2-3,6-7H2,1H3. The van der Waals surface area contributed by atoms with Gasteiger partial charge in [-0.25, -0.2) is 5.32 Å². The van der Waals surface area contributed by atoms with E-state index in [0.29, 0.717) is 0 Å². The highest BCUT2D eigenvalue weighted by molar-refractivity contribution is 5.83. The van der Waals surface area contributed by atoms with Gasteiger partial charge in [0.2, 0.25) is 5.91 Å². The van der Waals surface area contributed by atoms with Crippen molar-refractivity contribution in [2.75, 3.05) is 0 Å². The maximum absolute atomic E-state index is 11.8. The summed E-state index contributed by atoms with van der Waals surface area (Å²) in [6.07, 6.45) is 4.40. The molecule has 0 saturated heterocycles. The summed E-state index contributed by atoms with van der Waals surface area (Å²) in [5.74, 6) is 0.253. The van der Waals surface area contributed by atoms with Crippen LogP contribution in [-0.2, 0) is 4.79 Å². The normalized spacial score (nSPS) is 16.6. The van der Waals surface area contributed by atoms with Crippen LogP contribution in [-0.4, -0.2) is 5.91 Å². The van der Waals surface area contributed by atoms with E-state index < -0.39 is 0 Å². The Balaban J connectivity index is 1.99. The topological polar surface area (TPSA) is 31.2 Å². The van der Waals surface area contributed by atoms with Gasteiger partial charge in [0, 0.05) is 5.92 Å². The summed E-state index contributed by atoms with van der Waals surface area (Å²) in [5.41, 5.74) is 1.95. The van der Waals surface area contributed by atoms with E-state index in [-0.39, 0.29) is 11.8 Å². The van der Waals surface area contributed by atoms with Crippen LogP contribution < -0.4 is 5.32 Å². The molecule has 0 N–H and O–H groups in total. The van der Waals surface area contributed by atoms with Gasteiger partial charge >= 0.3 is 0 Å². The molecule has 0 bridgehead atoms. The molecular formula is C13H16NO. The fourth-order valence-corrected chi connectivity index (χ4v) is 2.09. The van der Waals surface area contributed by atoms with E-state index >= 15 is 0 Å². The van der Waals surface area contributed by atoms with Gasteiger partial charge in [0.15, 0.2) is 0 Å². The molecule has 1 saturated carbocycles. The van der Waals surface area contributed by atoms with Crippen LogP contribution in [0.2, 0.25) is 0 Å². The number of aryl methyl sites for hydroxylation is 1. The van der Waals surface area contributed by atoms with Crippen molar-refractivity contribution in [2.24, 2.45) is 5.92 Å². The zero-order chi connectivity index (χ0) is 10.7. The molecule has 1 radical (unpaired) electrons. The first kappa shape index (κ1) is 10.2. The molecule has 2 rings (SSSR count). The molecule has 2 nitrogen and oxygen atoms in total. The Morgan fingerprint density at radius 1 is 1.33 bits per heavy atom. The van der Waals surface area contributed by atoms with E-state index in [1.807, 2.05) is 31.2 Å². The molecule has 0 aromatic heterocycles. The molecule has 0 aliphatic heterocycles. The first-order chi connectivity index (χ1) is 7.25. The number of hydrogen-bond acceptors (Lipinski definition) is 1. The average molecular weight is 202 g/mol. The van der Waals surface area contributed by atoms with Crippen molar-refractivity contribution in [1.29, 1.82) is 0 Å². The van der Waals surface area contributed by atoms with Crippen molar-refractivity contribution in [3.63, 3.8) is 0 Å². The van der Waals surface area contributed by atoms with Gasteiger partial charge in [-0.1, -0.05) is 25.0 Å². The predicted molar refractivity (Wildman–Crippen MR) is 59.9 cm³/mol. The van der Waals surface area contributed by atoms with E-state index in [9.17, 15) is 4.79 Å². The summed E-state index contributed by atoms with van der Waals surface area (Å²) >= 11 is 0. The lowest BCUT2D eigenvalue weighted by molar-refractivity contribution is -0.123. The number of benzene rings is 1. The second kappa shape index (κ2) is 4.47. The van der Waals surface area contributed by atoms with Crippen molar-refractivity contribution < 1.29 is 4.79 Å². The molecule has 1 aliphatic rings. The van der Waals surface area contributed by atoms with E-state index in [2.05, 4.69) is 5.32 Å². The monoisotopic (exact) mass is 202 g/mol. The molecule has 1 amide bonds. The third kappa shape index (κ3) is 2.58. The Hall–Kier alpha value is -1.31. The van der Waals surface area contributed by atoms with Crippen molar-refractivity contribution >= 4 is 11.6 Å². The lowest BCUT2D eigenvalue weighted by atomic mass is 10.1. The van der Waals surface area contributed by atoms with Crippen molar-refractivity contribution in [2.45, 2.75) is 32.6 Å². The maximum atomic E-state index is 11.8. The van der Waals surface area contributed by atoms with Gasteiger partial charge in [0.1, 0.15) is 0 Å². The average Bonchev–Trinajstić information content (AvgIpc) is 2.70. The Kier molecular flexibility index (Phi) is 3.05. The number of amides is 1. The van der Waals surface area contributed by atoms with Gasteiger partial charge in [0.05, 0.1) is 5.69 Å². The second-order valence-electron chi connectivity index (χ2n) is 4.27. The molecule has 1 fully saturated rings. The van der Waals surface area contributed by atoms with Crippen molar-refractivity contribution in [1.82, 2.24) is 5.32 Å². The number of nitrogens with zero attached hydrogens (tertiary/aromatic N) is 1. The maximum Gasteiger partial charge on any atom is 0.249 e. The van der Waals surface area contributed by atoms with Crippen LogP contribution in [0.3, 0.4) is 0 Å². The molecule has 1 aromatic carbocycles. The quantitative estimate of drug-likeness (QED) is 0.725. The molecule has 1 aromatic rings. The highest BCUT2D eigenvalue weighted by atomic mass is 16.1. The summed E-state index contributed by atoms with van der Waals surface area (Å²) in [5, 5.41) is 4.16. The van der Waals surface area contributed by atoms with Gasteiger partial charge < -0.3 is 0 Å². The van der Waals surface area contributed by atoms with E-state index in [4.69, 9.17) is 0 Å². The Morgan fingerprint density at radius 2 is 2.07 bits per heavy atom. The van der Waals surface area contributed by atoms with E-state index in [1.54, 1.807) is 0 Å². The Bertz CT molecular complexity index is 353. The molecule has 0 heterocycles. The molecule has 2 heteroatoms. The molecular weight excluding hydrogens is 186 g/mol. The van der Waals surface area contributed by atoms with Gasteiger partial charge in [-0.15, -0.1) is 0 Å². The second-order valence-corrected chi connectivity index (χ2v) is 4.27. The van der Waals surface area contributed by atoms with Crippen LogP contribution in [0.25, 0.3) is 0 Å². The fraction of sp³-hybridized carbons (Fsp3) is 0.462. The van der Waals surface area contributed by atoms with Gasteiger partial charge in [0.25, 0.3) is 0 Å². The van der Waals surface area contributed by atoms with Crippen LogP contribution in [0.5, 0.6) is 0 Å². The highest BCUT2D eigenvalue weighted by Crippen LogP contribution is 2.26. The predicted octanol–water partition coefficient (Wildman–Crippen LogP) is 2.95. The van der Waals surface area contributed by atoms with Gasteiger partial charge in [-0.2, -0.15) is 0 Å². The van der Waals surface area contributed by atoms with Crippen molar-refractivity contribution in [3.05, 3.63) is 29.8 Å². The van der Waals surface area contributed by atoms with Crippen LogP contribution in [0.4, 0.5) is 5.69 Å².